The maximum atomic E-state index is 13.2. The van der Waals surface area contributed by atoms with Crippen LogP contribution in [0.4, 0.5) is 10.5 Å². The Morgan fingerprint density at radius 1 is 0.917 bits per heavy atom. The van der Waals surface area contributed by atoms with E-state index in [2.05, 4.69) is 32.7 Å². The summed E-state index contributed by atoms with van der Waals surface area (Å²) in [6, 6.07) is 10.5. The number of ether oxygens (including phenoxy) is 1. The first-order valence-electron chi connectivity index (χ1n) is 12.9. The summed E-state index contributed by atoms with van der Waals surface area (Å²) in [5, 5.41) is 7.70. The van der Waals surface area contributed by atoms with Crippen molar-refractivity contribution in [1.82, 2.24) is 15.3 Å². The molecule has 36 heavy (non-hydrogen) atoms. The molecule has 0 spiro atoms. The van der Waals surface area contributed by atoms with E-state index in [0.717, 1.165) is 66.2 Å². The number of alkyl carbamates (subject to hydrolysis) is 1. The van der Waals surface area contributed by atoms with Crippen LogP contribution in [-0.4, -0.2) is 39.5 Å². The van der Waals surface area contributed by atoms with Crippen molar-refractivity contribution in [3.8, 4) is 11.1 Å². The van der Waals surface area contributed by atoms with Crippen LogP contribution in [0.5, 0.6) is 0 Å². The molecule has 2 aromatic heterocycles. The molecule has 0 atom stereocenters. The van der Waals surface area contributed by atoms with Gasteiger partial charge in [0.05, 0.1) is 16.8 Å². The van der Waals surface area contributed by atoms with Crippen molar-refractivity contribution in [2.45, 2.75) is 77.0 Å². The molecule has 0 aliphatic heterocycles. The Balaban J connectivity index is 1.38. The number of rotatable bonds is 6. The van der Waals surface area contributed by atoms with E-state index in [-0.39, 0.29) is 29.9 Å². The topological polar surface area (TPSA) is 93.2 Å². The average Bonchev–Trinajstić information content (AvgIpc) is 3.70. The number of pyridine rings is 2. The van der Waals surface area contributed by atoms with Crippen LogP contribution >= 0.6 is 0 Å². The Morgan fingerprint density at radius 3 is 2.28 bits per heavy atom. The second-order valence-electron chi connectivity index (χ2n) is 11.0. The molecule has 1 aromatic carbocycles. The van der Waals surface area contributed by atoms with Gasteiger partial charge < -0.3 is 15.4 Å². The number of nitrogens with one attached hydrogen (secondary N) is 2. The lowest BCUT2D eigenvalue weighted by molar-refractivity contribution is 0.0492. The molecule has 5 rings (SSSR count). The first-order valence-corrected chi connectivity index (χ1v) is 12.9. The molecule has 2 N–H and O–H groups in total. The highest BCUT2D eigenvalue weighted by molar-refractivity contribution is 6.10. The van der Waals surface area contributed by atoms with Gasteiger partial charge in [-0.05, 0) is 94.7 Å². The summed E-state index contributed by atoms with van der Waals surface area (Å²) in [4.78, 5) is 34.2. The zero-order chi connectivity index (χ0) is 25.3. The van der Waals surface area contributed by atoms with E-state index in [1.165, 1.54) is 0 Å². The minimum Gasteiger partial charge on any atom is -0.444 e. The molecule has 0 unspecified atom stereocenters. The number of anilines is 1. The lowest BCUT2D eigenvalue weighted by Crippen LogP contribution is -2.42. The summed E-state index contributed by atoms with van der Waals surface area (Å²) in [6.45, 7) is 5.60. The van der Waals surface area contributed by atoms with E-state index in [4.69, 9.17) is 4.74 Å². The minimum atomic E-state index is -0.509. The van der Waals surface area contributed by atoms with E-state index in [1.54, 1.807) is 18.6 Å². The summed E-state index contributed by atoms with van der Waals surface area (Å²) in [7, 11) is 0. The van der Waals surface area contributed by atoms with Crippen LogP contribution in [0, 0.1) is 5.92 Å². The van der Waals surface area contributed by atoms with Gasteiger partial charge in [0, 0.05) is 42.0 Å². The zero-order valence-corrected chi connectivity index (χ0v) is 21.2. The molecule has 2 fully saturated rings. The molecular formula is C29H34N4O3. The number of benzene rings is 1. The third-order valence-electron chi connectivity index (χ3n) is 6.89. The molecule has 0 saturated heterocycles. The van der Waals surface area contributed by atoms with E-state index in [1.807, 2.05) is 39.0 Å². The van der Waals surface area contributed by atoms with Crippen LogP contribution in [0.3, 0.4) is 0 Å². The zero-order valence-electron chi connectivity index (χ0n) is 21.2. The molecule has 2 saturated carbocycles. The maximum absolute atomic E-state index is 13.2. The second kappa shape index (κ2) is 9.88. The smallest absolute Gasteiger partial charge is 0.407 e. The Kier molecular flexibility index (Phi) is 6.65. The Hall–Kier alpha value is -3.48. The van der Waals surface area contributed by atoms with E-state index >= 15 is 0 Å². The summed E-state index contributed by atoms with van der Waals surface area (Å²) < 4.78 is 5.42. The number of fused-ring (bicyclic) bond motifs is 1. The highest BCUT2D eigenvalue weighted by Crippen LogP contribution is 2.38. The number of amides is 1. The van der Waals surface area contributed by atoms with Crippen LogP contribution in [0.25, 0.3) is 22.0 Å². The standard InChI is InChI=1S/C29H34N4O3/c1-29(2,3)36-28(35)33-22-9-7-21(8-10-22)32-26-23-16-20(18-12-14-30-15-13-18)6-11-25(23)31-17-24(26)27(34)19-4-5-19/h6,11-17,19,21-22H,4-5,7-10H2,1-3H3,(H,31,32)(H,33,35)/t21-,22-. The Labute approximate surface area is 212 Å². The van der Waals surface area contributed by atoms with Crippen LogP contribution < -0.4 is 10.6 Å². The van der Waals surface area contributed by atoms with Crippen molar-refractivity contribution in [1.29, 1.82) is 0 Å². The van der Waals surface area contributed by atoms with Gasteiger partial charge in [-0.2, -0.15) is 0 Å². The third-order valence-corrected chi connectivity index (χ3v) is 6.89. The fraction of sp³-hybridized carbons (Fsp3) is 0.448. The number of Topliss-reactive ketones (excluding diaryl/α,β-unsaturated/α-hetero) is 1. The van der Waals surface area contributed by atoms with E-state index in [0.29, 0.717) is 5.56 Å². The van der Waals surface area contributed by atoms with Crippen LogP contribution in [0.15, 0.2) is 48.9 Å². The van der Waals surface area contributed by atoms with Crippen LogP contribution in [-0.2, 0) is 4.74 Å². The van der Waals surface area contributed by atoms with Crippen molar-refractivity contribution < 1.29 is 14.3 Å². The number of carbonyl (C=O) groups is 2. The summed E-state index contributed by atoms with van der Waals surface area (Å²) in [6.07, 6.45) is 10.4. The van der Waals surface area contributed by atoms with Gasteiger partial charge in [0.15, 0.2) is 5.78 Å². The van der Waals surface area contributed by atoms with Crippen molar-refractivity contribution in [3.63, 3.8) is 0 Å². The number of hydrogen-bond acceptors (Lipinski definition) is 6. The van der Waals surface area contributed by atoms with Gasteiger partial charge in [0.1, 0.15) is 5.60 Å². The molecule has 3 aromatic rings. The van der Waals surface area contributed by atoms with Gasteiger partial charge in [-0.3, -0.25) is 14.8 Å². The molecule has 0 bridgehead atoms. The second-order valence-corrected chi connectivity index (χ2v) is 11.0. The summed E-state index contributed by atoms with van der Waals surface area (Å²) in [5.41, 5.74) is 4.07. The molecular weight excluding hydrogens is 452 g/mol. The summed E-state index contributed by atoms with van der Waals surface area (Å²) >= 11 is 0. The highest BCUT2D eigenvalue weighted by atomic mass is 16.6. The van der Waals surface area contributed by atoms with Crippen molar-refractivity contribution in [3.05, 3.63) is 54.5 Å². The number of aromatic nitrogens is 2. The molecule has 0 radical (unpaired) electrons. The normalized spacial score (nSPS) is 20.1. The predicted molar refractivity (Wildman–Crippen MR) is 141 cm³/mol. The lowest BCUT2D eigenvalue weighted by Gasteiger charge is -2.31. The lowest BCUT2D eigenvalue weighted by atomic mass is 9.90. The largest absolute Gasteiger partial charge is 0.444 e. The van der Waals surface area contributed by atoms with E-state index < -0.39 is 5.60 Å². The first kappa shape index (κ1) is 24.2. The summed E-state index contributed by atoms with van der Waals surface area (Å²) in [5.74, 6) is 0.295. The number of carbonyl (C=O) groups excluding carboxylic acids is 2. The molecule has 7 nitrogen and oxygen atoms in total. The van der Waals surface area contributed by atoms with E-state index in [9.17, 15) is 9.59 Å². The van der Waals surface area contributed by atoms with Gasteiger partial charge in [-0.25, -0.2) is 4.79 Å². The van der Waals surface area contributed by atoms with Gasteiger partial charge >= 0.3 is 6.09 Å². The number of hydrogen-bond donors (Lipinski definition) is 2. The quantitative estimate of drug-likeness (QED) is 0.407. The molecule has 188 valence electrons. The van der Waals surface area contributed by atoms with Crippen LogP contribution in [0.2, 0.25) is 0 Å². The molecule has 2 heterocycles. The monoisotopic (exact) mass is 486 g/mol. The van der Waals surface area contributed by atoms with Gasteiger partial charge in [0.25, 0.3) is 0 Å². The van der Waals surface area contributed by atoms with Crippen molar-refractivity contribution in [2.75, 3.05) is 5.32 Å². The molecule has 2 aliphatic carbocycles. The molecule has 1 amide bonds. The SMILES string of the molecule is CC(C)(C)OC(=O)N[C@H]1CC[C@H](Nc2c(C(=O)C3CC3)cnc3ccc(-c4ccncc4)cc23)CC1. The van der Waals surface area contributed by atoms with Crippen molar-refractivity contribution in [2.24, 2.45) is 5.92 Å². The Morgan fingerprint density at radius 2 is 1.61 bits per heavy atom. The highest BCUT2D eigenvalue weighted by Gasteiger charge is 2.33. The average molecular weight is 487 g/mol. The molecule has 7 heteroatoms. The fourth-order valence-corrected chi connectivity index (χ4v) is 4.88. The number of ketones is 1. The minimum absolute atomic E-state index is 0.0953. The maximum Gasteiger partial charge on any atom is 0.407 e. The first-order chi connectivity index (χ1) is 17.3. The van der Waals surface area contributed by atoms with Gasteiger partial charge in [0.2, 0.25) is 0 Å². The Bertz CT molecular complexity index is 1260. The molecule has 2 aliphatic rings. The third kappa shape index (κ3) is 5.66. The number of nitrogens with zero attached hydrogens (tertiary/aromatic N) is 2. The van der Waals surface area contributed by atoms with Crippen LogP contribution in [0.1, 0.15) is 69.7 Å². The fourth-order valence-electron chi connectivity index (χ4n) is 4.88. The van der Waals surface area contributed by atoms with Crippen molar-refractivity contribution >= 4 is 28.5 Å². The van der Waals surface area contributed by atoms with Gasteiger partial charge in [-0.1, -0.05) is 6.07 Å². The van der Waals surface area contributed by atoms with Gasteiger partial charge in [-0.15, -0.1) is 0 Å². The predicted octanol–water partition coefficient (Wildman–Crippen LogP) is 6.14.